The maximum atomic E-state index is 10.7. The first-order valence-electron chi connectivity index (χ1n) is 7.60. The first-order chi connectivity index (χ1) is 12.1. The topological polar surface area (TPSA) is 67.2 Å². The molecule has 0 aliphatic rings. The Bertz CT molecular complexity index is 879. The molecule has 6 heteroatoms. The first-order valence-corrected chi connectivity index (χ1v) is 8.00. The molecule has 0 aliphatic heterocycles. The van der Waals surface area contributed by atoms with Crippen molar-refractivity contribution in [1.29, 1.82) is 0 Å². The van der Waals surface area contributed by atoms with E-state index in [0.717, 1.165) is 22.5 Å². The molecule has 0 radical (unpaired) electrons. The van der Waals surface area contributed by atoms with Gasteiger partial charge in [-0.3, -0.25) is 10.1 Å². The van der Waals surface area contributed by atoms with Gasteiger partial charge in [-0.2, -0.15) is 0 Å². The molecular weight excluding hydrogens is 334 g/mol. The molecule has 3 aromatic carbocycles. The minimum atomic E-state index is -0.405. The molecule has 0 saturated heterocycles. The number of hydrogen-bond donors (Lipinski definition) is 2. The van der Waals surface area contributed by atoms with E-state index in [4.69, 9.17) is 12.2 Å². The molecule has 3 aromatic rings. The fourth-order valence-corrected chi connectivity index (χ4v) is 2.57. The predicted octanol–water partition coefficient (Wildman–Crippen LogP) is 5.07. The van der Waals surface area contributed by atoms with Crippen LogP contribution in [0.4, 0.5) is 17.1 Å². The number of non-ortho nitro benzene ring substituents is 1. The van der Waals surface area contributed by atoms with E-state index in [1.165, 1.54) is 12.1 Å². The molecule has 0 saturated carbocycles. The number of nitrogens with zero attached hydrogens (tertiary/aromatic N) is 1. The quantitative estimate of drug-likeness (QED) is 0.391. The van der Waals surface area contributed by atoms with Crippen LogP contribution in [-0.2, 0) is 0 Å². The summed E-state index contributed by atoms with van der Waals surface area (Å²) in [5.74, 6) is 0. The molecule has 0 atom stereocenters. The molecule has 5 nitrogen and oxygen atoms in total. The van der Waals surface area contributed by atoms with Gasteiger partial charge >= 0.3 is 0 Å². The van der Waals surface area contributed by atoms with Gasteiger partial charge in [-0.25, -0.2) is 0 Å². The minimum absolute atomic E-state index is 0.0828. The number of rotatable bonds is 4. The predicted molar refractivity (Wildman–Crippen MR) is 105 cm³/mol. The zero-order valence-corrected chi connectivity index (χ0v) is 14.0. The normalized spacial score (nSPS) is 10.1. The Balaban J connectivity index is 1.65. The summed E-state index contributed by atoms with van der Waals surface area (Å²) in [6.45, 7) is 0. The minimum Gasteiger partial charge on any atom is -0.332 e. The zero-order valence-electron chi connectivity index (χ0n) is 13.2. The van der Waals surface area contributed by atoms with Crippen molar-refractivity contribution in [2.75, 3.05) is 10.6 Å². The zero-order chi connectivity index (χ0) is 17.6. The van der Waals surface area contributed by atoms with E-state index in [2.05, 4.69) is 10.6 Å². The molecule has 0 aromatic heterocycles. The monoisotopic (exact) mass is 349 g/mol. The van der Waals surface area contributed by atoms with Crippen molar-refractivity contribution in [1.82, 2.24) is 0 Å². The summed E-state index contributed by atoms with van der Waals surface area (Å²) in [5, 5.41) is 17.4. The molecule has 0 bridgehead atoms. The number of nitro groups is 1. The lowest BCUT2D eigenvalue weighted by molar-refractivity contribution is -0.384. The molecule has 0 heterocycles. The SMILES string of the molecule is O=[N+]([O-])c1ccc(-c2ccc(NC(=S)Nc3ccccc3)cc2)cc1. The van der Waals surface area contributed by atoms with Gasteiger partial charge in [-0.1, -0.05) is 30.3 Å². The van der Waals surface area contributed by atoms with Gasteiger partial charge in [-0.05, 0) is 59.7 Å². The van der Waals surface area contributed by atoms with Gasteiger partial charge in [0.25, 0.3) is 5.69 Å². The standard InChI is InChI=1S/C19H15N3O2S/c23-22(24)18-12-8-15(9-13-18)14-6-10-17(11-7-14)21-19(25)20-16-4-2-1-3-5-16/h1-13H,(H2,20,21,25). The summed E-state index contributed by atoms with van der Waals surface area (Å²) in [5.41, 5.74) is 3.76. The van der Waals surface area contributed by atoms with Gasteiger partial charge in [0.15, 0.2) is 5.11 Å². The van der Waals surface area contributed by atoms with E-state index in [9.17, 15) is 10.1 Å². The van der Waals surface area contributed by atoms with Crippen LogP contribution in [0.15, 0.2) is 78.9 Å². The molecular formula is C19H15N3O2S. The Labute approximate surface area is 150 Å². The average Bonchev–Trinajstić information content (AvgIpc) is 2.63. The highest BCUT2D eigenvalue weighted by atomic mass is 32.1. The third-order valence-corrected chi connectivity index (χ3v) is 3.79. The van der Waals surface area contributed by atoms with E-state index in [-0.39, 0.29) is 5.69 Å². The Morgan fingerprint density at radius 1 is 0.760 bits per heavy atom. The van der Waals surface area contributed by atoms with Crippen molar-refractivity contribution in [3.8, 4) is 11.1 Å². The van der Waals surface area contributed by atoms with Crippen LogP contribution in [0.1, 0.15) is 0 Å². The first kappa shape index (κ1) is 16.6. The number of benzene rings is 3. The summed E-state index contributed by atoms with van der Waals surface area (Å²) in [6, 6.07) is 23.9. The van der Waals surface area contributed by atoms with Crippen LogP contribution in [0.5, 0.6) is 0 Å². The van der Waals surface area contributed by atoms with Crippen molar-refractivity contribution >= 4 is 34.4 Å². The molecule has 124 valence electrons. The number of para-hydroxylation sites is 1. The number of hydrogen-bond acceptors (Lipinski definition) is 3. The van der Waals surface area contributed by atoms with Crippen molar-refractivity contribution in [2.45, 2.75) is 0 Å². The van der Waals surface area contributed by atoms with Crippen LogP contribution < -0.4 is 10.6 Å². The molecule has 0 fully saturated rings. The summed E-state index contributed by atoms with van der Waals surface area (Å²) in [6.07, 6.45) is 0. The summed E-state index contributed by atoms with van der Waals surface area (Å²) >= 11 is 5.30. The summed E-state index contributed by atoms with van der Waals surface area (Å²) in [4.78, 5) is 10.3. The van der Waals surface area contributed by atoms with Gasteiger partial charge in [0.1, 0.15) is 0 Å². The fraction of sp³-hybridized carbons (Fsp3) is 0. The Morgan fingerprint density at radius 3 is 1.76 bits per heavy atom. The third-order valence-electron chi connectivity index (χ3n) is 3.59. The number of anilines is 2. The fourth-order valence-electron chi connectivity index (χ4n) is 2.34. The van der Waals surface area contributed by atoms with E-state index >= 15 is 0 Å². The van der Waals surface area contributed by atoms with Gasteiger partial charge < -0.3 is 10.6 Å². The maximum absolute atomic E-state index is 10.7. The lowest BCUT2D eigenvalue weighted by Gasteiger charge is -2.11. The molecule has 0 amide bonds. The lowest BCUT2D eigenvalue weighted by atomic mass is 10.1. The van der Waals surface area contributed by atoms with Crippen molar-refractivity contribution in [2.24, 2.45) is 0 Å². The molecule has 2 N–H and O–H groups in total. The van der Waals surface area contributed by atoms with E-state index in [1.807, 2.05) is 54.6 Å². The number of thiocarbonyl (C=S) groups is 1. The molecule has 0 aliphatic carbocycles. The second-order valence-corrected chi connectivity index (χ2v) is 5.73. The molecule has 0 spiro atoms. The second-order valence-electron chi connectivity index (χ2n) is 5.33. The van der Waals surface area contributed by atoms with Crippen molar-refractivity contribution in [3.63, 3.8) is 0 Å². The summed E-state index contributed by atoms with van der Waals surface area (Å²) in [7, 11) is 0. The van der Waals surface area contributed by atoms with Gasteiger partial charge in [0.2, 0.25) is 0 Å². The third kappa shape index (κ3) is 4.39. The molecule has 3 rings (SSSR count). The van der Waals surface area contributed by atoms with E-state index in [0.29, 0.717) is 5.11 Å². The molecule has 0 unspecified atom stereocenters. The maximum Gasteiger partial charge on any atom is 0.269 e. The van der Waals surface area contributed by atoms with Gasteiger partial charge in [0, 0.05) is 23.5 Å². The van der Waals surface area contributed by atoms with Crippen LogP contribution in [0.25, 0.3) is 11.1 Å². The average molecular weight is 349 g/mol. The highest BCUT2D eigenvalue weighted by Crippen LogP contribution is 2.24. The van der Waals surface area contributed by atoms with Crippen LogP contribution in [0.3, 0.4) is 0 Å². The van der Waals surface area contributed by atoms with Crippen LogP contribution in [-0.4, -0.2) is 10.0 Å². The lowest BCUT2D eigenvalue weighted by Crippen LogP contribution is -2.18. The highest BCUT2D eigenvalue weighted by Gasteiger charge is 2.05. The van der Waals surface area contributed by atoms with Crippen LogP contribution in [0.2, 0.25) is 0 Å². The van der Waals surface area contributed by atoms with Gasteiger partial charge in [0.05, 0.1) is 4.92 Å². The number of nitrogens with one attached hydrogen (secondary N) is 2. The van der Waals surface area contributed by atoms with Crippen LogP contribution in [0, 0.1) is 10.1 Å². The largest absolute Gasteiger partial charge is 0.332 e. The van der Waals surface area contributed by atoms with Gasteiger partial charge in [-0.15, -0.1) is 0 Å². The van der Waals surface area contributed by atoms with Crippen molar-refractivity contribution in [3.05, 3.63) is 89.0 Å². The number of nitro benzene ring substituents is 1. The molecule has 25 heavy (non-hydrogen) atoms. The van der Waals surface area contributed by atoms with E-state index < -0.39 is 4.92 Å². The Kier molecular flexibility index (Phi) is 5.01. The smallest absolute Gasteiger partial charge is 0.269 e. The highest BCUT2D eigenvalue weighted by molar-refractivity contribution is 7.80. The van der Waals surface area contributed by atoms with Crippen LogP contribution >= 0.6 is 12.2 Å². The van der Waals surface area contributed by atoms with Crippen molar-refractivity contribution < 1.29 is 4.92 Å². The Hall–Kier alpha value is -3.25. The second kappa shape index (κ2) is 7.55. The Morgan fingerprint density at radius 2 is 1.24 bits per heavy atom. The summed E-state index contributed by atoms with van der Waals surface area (Å²) < 4.78 is 0. The van der Waals surface area contributed by atoms with E-state index in [1.54, 1.807) is 12.1 Å².